The molecule has 19 heavy (non-hydrogen) atoms. The monoisotopic (exact) mass is 263 g/mol. The van der Waals surface area contributed by atoms with Crippen molar-refractivity contribution < 1.29 is 19.9 Å². The fraction of sp³-hybridized carbons (Fsp3) is 0.0909. The molecule has 2 rings (SSSR count). The maximum absolute atomic E-state index is 10.8. The number of carboxylic acid groups (broad SMARTS) is 1. The number of aromatic nitrogens is 2. The van der Waals surface area contributed by atoms with Gasteiger partial charge in [0.25, 0.3) is 5.69 Å². The molecule has 98 valence electrons. The number of aromatic hydroxyl groups is 1. The molecule has 0 saturated carbocycles. The van der Waals surface area contributed by atoms with Crippen LogP contribution in [0.15, 0.2) is 24.4 Å². The van der Waals surface area contributed by atoms with E-state index in [1.54, 1.807) is 6.07 Å². The second-order valence-electron chi connectivity index (χ2n) is 3.79. The third-order valence-corrected chi connectivity index (χ3v) is 2.62. The highest BCUT2D eigenvalue weighted by molar-refractivity contribution is 5.88. The minimum Gasteiger partial charge on any atom is -0.504 e. The van der Waals surface area contributed by atoms with Crippen LogP contribution in [0.25, 0.3) is 5.69 Å². The molecule has 0 saturated heterocycles. The van der Waals surface area contributed by atoms with Gasteiger partial charge in [-0.05, 0) is 13.0 Å². The number of benzene rings is 1. The van der Waals surface area contributed by atoms with E-state index >= 15 is 0 Å². The number of aromatic carboxylic acids is 1. The molecule has 0 aliphatic carbocycles. The second-order valence-corrected chi connectivity index (χ2v) is 3.79. The summed E-state index contributed by atoms with van der Waals surface area (Å²) in [6.45, 7) is 1.52. The number of carboxylic acids is 1. The number of hydrogen-bond acceptors (Lipinski definition) is 5. The molecule has 0 aliphatic rings. The Kier molecular flexibility index (Phi) is 2.91. The first-order chi connectivity index (χ1) is 8.91. The Morgan fingerprint density at radius 1 is 1.47 bits per heavy atom. The Morgan fingerprint density at radius 3 is 2.68 bits per heavy atom. The Bertz CT molecular complexity index is 677. The van der Waals surface area contributed by atoms with Crippen molar-refractivity contribution >= 4 is 11.7 Å². The van der Waals surface area contributed by atoms with Crippen LogP contribution in [-0.4, -0.2) is 30.9 Å². The summed E-state index contributed by atoms with van der Waals surface area (Å²) in [5.74, 6) is -1.88. The van der Waals surface area contributed by atoms with Gasteiger partial charge in [-0.2, -0.15) is 5.10 Å². The number of rotatable bonds is 3. The van der Waals surface area contributed by atoms with Crippen LogP contribution in [0.2, 0.25) is 0 Å². The maximum Gasteiger partial charge on any atom is 0.360 e. The van der Waals surface area contributed by atoms with E-state index in [1.807, 2.05) is 0 Å². The average molecular weight is 263 g/mol. The quantitative estimate of drug-likeness (QED) is 0.639. The lowest BCUT2D eigenvalue weighted by molar-refractivity contribution is -0.385. The molecule has 1 heterocycles. The molecule has 0 bridgehead atoms. The smallest absolute Gasteiger partial charge is 0.360 e. The number of carbonyl (C=O) groups is 1. The van der Waals surface area contributed by atoms with Crippen molar-refractivity contribution in [1.29, 1.82) is 0 Å². The van der Waals surface area contributed by atoms with E-state index in [0.29, 0.717) is 11.3 Å². The summed E-state index contributed by atoms with van der Waals surface area (Å²) in [4.78, 5) is 21.1. The molecule has 1 aromatic heterocycles. The molecule has 8 heteroatoms. The van der Waals surface area contributed by atoms with Crippen LogP contribution in [-0.2, 0) is 0 Å². The lowest BCUT2D eigenvalue weighted by Crippen LogP contribution is -2.03. The van der Waals surface area contributed by atoms with Crippen molar-refractivity contribution in [2.45, 2.75) is 6.92 Å². The third-order valence-electron chi connectivity index (χ3n) is 2.62. The molecule has 0 spiro atoms. The van der Waals surface area contributed by atoms with Gasteiger partial charge < -0.3 is 10.2 Å². The first-order valence-corrected chi connectivity index (χ1v) is 5.18. The zero-order chi connectivity index (χ0) is 14.2. The SMILES string of the molecule is Cc1c(-n2cc(O)c(C(=O)O)n2)cccc1[N+](=O)[O-]. The molecular weight excluding hydrogens is 254 g/mol. The summed E-state index contributed by atoms with van der Waals surface area (Å²) in [6, 6.07) is 4.33. The van der Waals surface area contributed by atoms with Crippen LogP contribution in [0, 0.1) is 17.0 Å². The van der Waals surface area contributed by atoms with Crippen molar-refractivity contribution in [2.24, 2.45) is 0 Å². The summed E-state index contributed by atoms with van der Waals surface area (Å²) in [5, 5.41) is 32.7. The van der Waals surface area contributed by atoms with Crippen molar-refractivity contribution in [2.75, 3.05) is 0 Å². The third kappa shape index (κ3) is 2.10. The minimum absolute atomic E-state index is 0.107. The fourth-order valence-electron chi connectivity index (χ4n) is 1.70. The topological polar surface area (TPSA) is 118 Å². The van der Waals surface area contributed by atoms with Gasteiger partial charge >= 0.3 is 5.97 Å². The lowest BCUT2D eigenvalue weighted by atomic mass is 10.1. The number of nitrogens with zero attached hydrogens (tertiary/aromatic N) is 3. The van der Waals surface area contributed by atoms with Gasteiger partial charge in [0.2, 0.25) is 5.69 Å². The summed E-state index contributed by atoms with van der Waals surface area (Å²) >= 11 is 0. The van der Waals surface area contributed by atoms with Gasteiger partial charge in [0, 0.05) is 6.07 Å². The van der Waals surface area contributed by atoms with Crippen molar-refractivity contribution in [3.05, 3.63) is 45.8 Å². The Balaban J connectivity index is 2.60. The Labute approximate surface area is 106 Å². The van der Waals surface area contributed by atoms with Gasteiger partial charge in [-0.15, -0.1) is 0 Å². The predicted molar refractivity (Wildman–Crippen MR) is 63.6 cm³/mol. The lowest BCUT2D eigenvalue weighted by Gasteiger charge is -2.05. The van der Waals surface area contributed by atoms with Gasteiger partial charge in [0.1, 0.15) is 0 Å². The molecule has 8 nitrogen and oxygen atoms in total. The zero-order valence-corrected chi connectivity index (χ0v) is 9.77. The van der Waals surface area contributed by atoms with Crippen LogP contribution >= 0.6 is 0 Å². The highest BCUT2D eigenvalue weighted by atomic mass is 16.6. The molecule has 0 unspecified atom stereocenters. The number of hydrogen-bond donors (Lipinski definition) is 2. The van der Waals surface area contributed by atoms with Gasteiger partial charge in [-0.3, -0.25) is 10.1 Å². The van der Waals surface area contributed by atoms with Crippen LogP contribution in [0.4, 0.5) is 5.69 Å². The molecular formula is C11H9N3O5. The van der Waals surface area contributed by atoms with E-state index in [-0.39, 0.29) is 5.69 Å². The molecule has 0 amide bonds. The zero-order valence-electron chi connectivity index (χ0n) is 9.77. The minimum atomic E-state index is -1.38. The van der Waals surface area contributed by atoms with Crippen molar-refractivity contribution in [3.63, 3.8) is 0 Å². The predicted octanol–water partition coefficient (Wildman–Crippen LogP) is 1.49. The summed E-state index contributed by atoms with van der Waals surface area (Å²) in [6.07, 6.45) is 1.09. The first-order valence-electron chi connectivity index (χ1n) is 5.18. The van der Waals surface area contributed by atoms with Gasteiger partial charge in [0.05, 0.1) is 22.4 Å². The molecule has 0 atom stereocenters. The van der Waals surface area contributed by atoms with Crippen molar-refractivity contribution in [1.82, 2.24) is 9.78 Å². The molecule has 1 aromatic carbocycles. The summed E-state index contributed by atoms with van der Waals surface area (Å²) in [7, 11) is 0. The van der Waals surface area contributed by atoms with Crippen LogP contribution in [0.1, 0.15) is 16.1 Å². The van der Waals surface area contributed by atoms with E-state index in [4.69, 9.17) is 5.11 Å². The highest BCUT2D eigenvalue weighted by Gasteiger charge is 2.19. The Morgan fingerprint density at radius 2 is 2.16 bits per heavy atom. The van der Waals surface area contributed by atoms with E-state index < -0.39 is 22.3 Å². The first kappa shape index (κ1) is 12.6. The number of nitro groups is 1. The summed E-state index contributed by atoms with van der Waals surface area (Å²) < 4.78 is 1.10. The fourth-order valence-corrected chi connectivity index (χ4v) is 1.70. The molecule has 2 N–H and O–H groups in total. The number of nitro benzene ring substituents is 1. The normalized spacial score (nSPS) is 10.4. The molecule has 0 radical (unpaired) electrons. The van der Waals surface area contributed by atoms with Crippen molar-refractivity contribution in [3.8, 4) is 11.4 Å². The maximum atomic E-state index is 10.8. The van der Waals surface area contributed by atoms with E-state index in [2.05, 4.69) is 5.10 Å². The second kappa shape index (κ2) is 4.41. The standard InChI is InChI=1S/C11H9N3O5/c1-6-7(3-2-4-8(6)14(18)19)13-5-9(15)10(12-13)11(16)17/h2-5,15H,1H3,(H,16,17). The van der Waals surface area contributed by atoms with Gasteiger partial charge in [0.15, 0.2) is 5.75 Å². The highest BCUT2D eigenvalue weighted by Crippen LogP contribution is 2.26. The average Bonchev–Trinajstić information content (AvgIpc) is 2.71. The van der Waals surface area contributed by atoms with E-state index in [1.165, 1.54) is 19.1 Å². The van der Waals surface area contributed by atoms with E-state index in [0.717, 1.165) is 10.9 Å². The van der Waals surface area contributed by atoms with Gasteiger partial charge in [-0.25, -0.2) is 9.48 Å². The van der Waals surface area contributed by atoms with Crippen LogP contribution in [0.5, 0.6) is 5.75 Å². The van der Waals surface area contributed by atoms with Crippen LogP contribution < -0.4 is 0 Å². The van der Waals surface area contributed by atoms with Gasteiger partial charge in [-0.1, -0.05) is 6.07 Å². The molecule has 0 fully saturated rings. The van der Waals surface area contributed by atoms with Crippen LogP contribution in [0.3, 0.4) is 0 Å². The largest absolute Gasteiger partial charge is 0.504 e. The van der Waals surface area contributed by atoms with E-state index in [9.17, 15) is 20.0 Å². The Hall–Kier alpha value is -2.90. The molecule has 2 aromatic rings. The summed E-state index contributed by atoms with van der Waals surface area (Å²) in [5.41, 5.74) is 0.0409. The molecule has 0 aliphatic heterocycles.